The minimum Gasteiger partial charge on any atom is -0.434 e. The van der Waals surface area contributed by atoms with Gasteiger partial charge in [0.05, 0.1) is 11.1 Å². The number of rotatable bonds is 5. The van der Waals surface area contributed by atoms with Gasteiger partial charge in [-0.1, -0.05) is 28.1 Å². The fourth-order valence-electron chi connectivity index (χ4n) is 2.22. The quantitative estimate of drug-likeness (QED) is 0.818. The van der Waals surface area contributed by atoms with Crippen molar-refractivity contribution in [3.8, 4) is 5.75 Å². The molecule has 1 saturated heterocycles. The number of halogens is 3. The van der Waals surface area contributed by atoms with E-state index in [-0.39, 0.29) is 11.3 Å². The maximum Gasteiger partial charge on any atom is 0.387 e. The first-order chi connectivity index (χ1) is 10.1. The Bertz CT molecular complexity index is 493. The monoisotopic (exact) mass is 363 g/mol. The van der Waals surface area contributed by atoms with Gasteiger partial charge in [0.25, 0.3) is 5.91 Å². The molecule has 0 radical (unpaired) electrons. The van der Waals surface area contributed by atoms with Gasteiger partial charge in [-0.3, -0.25) is 4.79 Å². The van der Waals surface area contributed by atoms with Crippen LogP contribution in [-0.2, 0) is 4.74 Å². The third-order valence-corrected chi connectivity index (χ3v) is 4.51. The number of benzene rings is 1. The summed E-state index contributed by atoms with van der Waals surface area (Å²) in [6.45, 7) is -1.85. The molecule has 1 aliphatic rings. The zero-order valence-electron chi connectivity index (χ0n) is 11.3. The van der Waals surface area contributed by atoms with Gasteiger partial charge >= 0.3 is 6.61 Å². The lowest BCUT2D eigenvalue weighted by Crippen LogP contribution is -2.53. The molecular weight excluding hydrogens is 348 g/mol. The smallest absolute Gasteiger partial charge is 0.387 e. The van der Waals surface area contributed by atoms with Gasteiger partial charge in [-0.05, 0) is 25.0 Å². The van der Waals surface area contributed by atoms with Crippen LogP contribution in [0.25, 0.3) is 0 Å². The van der Waals surface area contributed by atoms with Crippen LogP contribution in [0.4, 0.5) is 8.78 Å². The predicted molar refractivity (Wildman–Crippen MR) is 77.1 cm³/mol. The van der Waals surface area contributed by atoms with E-state index in [0.717, 1.165) is 0 Å². The first-order valence-corrected chi connectivity index (χ1v) is 7.68. The van der Waals surface area contributed by atoms with Gasteiger partial charge in [0.2, 0.25) is 0 Å². The maximum absolute atomic E-state index is 12.4. The average molecular weight is 364 g/mol. The topological polar surface area (TPSA) is 47.6 Å². The summed E-state index contributed by atoms with van der Waals surface area (Å²) in [5, 5.41) is 3.50. The highest BCUT2D eigenvalue weighted by Crippen LogP contribution is 2.26. The minimum atomic E-state index is -2.97. The fourth-order valence-corrected chi connectivity index (χ4v) is 2.92. The molecule has 7 heteroatoms. The lowest BCUT2D eigenvalue weighted by atomic mass is 9.92. The summed E-state index contributed by atoms with van der Waals surface area (Å²) in [6.07, 6.45) is 1.34. The molecule has 0 atom stereocenters. The van der Waals surface area contributed by atoms with Crippen molar-refractivity contribution in [2.75, 3.05) is 18.5 Å². The summed E-state index contributed by atoms with van der Waals surface area (Å²) in [5.41, 5.74) is -0.322. The van der Waals surface area contributed by atoms with Gasteiger partial charge in [-0.15, -0.1) is 0 Å². The van der Waals surface area contributed by atoms with Crippen LogP contribution in [0, 0.1) is 0 Å². The number of hydrogen-bond acceptors (Lipinski definition) is 3. The Kier molecular flexibility index (Phi) is 5.52. The summed E-state index contributed by atoms with van der Waals surface area (Å²) in [4.78, 5) is 12.4. The first kappa shape index (κ1) is 16.2. The summed E-state index contributed by atoms with van der Waals surface area (Å²) in [5.74, 6) is -0.547. The second kappa shape index (κ2) is 7.17. The van der Waals surface area contributed by atoms with Crippen molar-refractivity contribution < 1.29 is 23.0 Å². The summed E-state index contributed by atoms with van der Waals surface area (Å²) < 4.78 is 34.5. The molecule has 0 aliphatic carbocycles. The Hall–Kier alpha value is -1.21. The van der Waals surface area contributed by atoms with Crippen molar-refractivity contribution in [1.29, 1.82) is 0 Å². The van der Waals surface area contributed by atoms with Crippen molar-refractivity contribution in [2.24, 2.45) is 0 Å². The molecule has 0 spiro atoms. The SMILES string of the molecule is O=C(NC1(CBr)CCOCC1)c1ccccc1OC(F)F. The molecule has 4 nitrogen and oxygen atoms in total. The van der Waals surface area contributed by atoms with Crippen LogP contribution < -0.4 is 10.1 Å². The third kappa shape index (κ3) is 4.14. The highest BCUT2D eigenvalue weighted by molar-refractivity contribution is 9.09. The van der Waals surface area contributed by atoms with Gasteiger partial charge < -0.3 is 14.8 Å². The number of para-hydroxylation sites is 1. The molecule has 2 rings (SSSR count). The fraction of sp³-hybridized carbons (Fsp3) is 0.500. The Balaban J connectivity index is 2.16. The Labute approximate surface area is 129 Å². The maximum atomic E-state index is 12.4. The van der Waals surface area contributed by atoms with Crippen LogP contribution >= 0.6 is 15.9 Å². The van der Waals surface area contributed by atoms with Gasteiger partial charge in [-0.2, -0.15) is 8.78 Å². The van der Waals surface area contributed by atoms with Crippen LogP contribution in [0.2, 0.25) is 0 Å². The van der Waals surface area contributed by atoms with Crippen LogP contribution in [0.15, 0.2) is 24.3 Å². The molecule has 1 fully saturated rings. The number of hydrogen-bond donors (Lipinski definition) is 1. The normalized spacial score (nSPS) is 17.5. The zero-order chi connectivity index (χ0) is 15.3. The third-order valence-electron chi connectivity index (χ3n) is 3.43. The van der Waals surface area contributed by atoms with Gasteiger partial charge in [0.1, 0.15) is 5.75 Å². The van der Waals surface area contributed by atoms with E-state index in [2.05, 4.69) is 26.0 Å². The average Bonchev–Trinajstić information content (AvgIpc) is 2.48. The van der Waals surface area contributed by atoms with E-state index in [1.807, 2.05) is 0 Å². The molecule has 0 bridgehead atoms. The van der Waals surface area contributed by atoms with Crippen molar-refractivity contribution in [3.05, 3.63) is 29.8 Å². The number of carbonyl (C=O) groups excluding carboxylic acids is 1. The molecule has 1 N–H and O–H groups in total. The van der Waals surface area contributed by atoms with Gasteiger partial charge in [0, 0.05) is 18.5 Å². The molecule has 0 unspecified atom stereocenters. The van der Waals surface area contributed by atoms with Crippen LogP contribution in [-0.4, -0.2) is 36.6 Å². The van der Waals surface area contributed by atoms with Crippen LogP contribution in [0.3, 0.4) is 0 Å². The van der Waals surface area contributed by atoms with E-state index in [0.29, 0.717) is 31.4 Å². The van der Waals surface area contributed by atoms with Crippen molar-refractivity contribution in [3.63, 3.8) is 0 Å². The number of alkyl halides is 3. The van der Waals surface area contributed by atoms with Crippen molar-refractivity contribution in [2.45, 2.75) is 25.0 Å². The van der Waals surface area contributed by atoms with Gasteiger partial charge in [-0.25, -0.2) is 0 Å². The van der Waals surface area contributed by atoms with E-state index in [9.17, 15) is 13.6 Å². The standard InChI is InChI=1S/C14H16BrF2NO3/c15-9-14(5-7-20-8-6-14)18-12(19)10-3-1-2-4-11(10)21-13(16)17/h1-4,13H,5-9H2,(H,18,19). The molecule has 1 amide bonds. The minimum absolute atomic E-state index is 0.101. The van der Waals surface area contributed by atoms with Crippen LogP contribution in [0.5, 0.6) is 5.75 Å². The summed E-state index contributed by atoms with van der Waals surface area (Å²) in [7, 11) is 0. The number of ether oxygens (including phenoxy) is 2. The van der Waals surface area contributed by atoms with E-state index in [1.165, 1.54) is 12.1 Å². The lowest BCUT2D eigenvalue weighted by molar-refractivity contribution is -0.0501. The van der Waals surface area contributed by atoms with Crippen molar-refractivity contribution >= 4 is 21.8 Å². The molecule has 1 heterocycles. The Morgan fingerprint density at radius 3 is 2.67 bits per heavy atom. The molecule has 0 saturated carbocycles. The van der Waals surface area contributed by atoms with E-state index < -0.39 is 18.1 Å². The molecule has 21 heavy (non-hydrogen) atoms. The highest BCUT2D eigenvalue weighted by Gasteiger charge is 2.34. The molecule has 116 valence electrons. The highest BCUT2D eigenvalue weighted by atomic mass is 79.9. The first-order valence-electron chi connectivity index (χ1n) is 6.56. The van der Waals surface area contributed by atoms with Crippen molar-refractivity contribution in [1.82, 2.24) is 5.32 Å². The number of carbonyl (C=O) groups is 1. The van der Waals surface area contributed by atoms with E-state index >= 15 is 0 Å². The molecular formula is C14H16BrF2NO3. The molecule has 0 aromatic heterocycles. The van der Waals surface area contributed by atoms with Crippen LogP contribution in [0.1, 0.15) is 23.2 Å². The Morgan fingerprint density at radius 1 is 1.38 bits per heavy atom. The van der Waals surface area contributed by atoms with E-state index in [4.69, 9.17) is 4.74 Å². The lowest BCUT2D eigenvalue weighted by Gasteiger charge is -2.36. The predicted octanol–water partition coefficient (Wildman–Crippen LogP) is 2.96. The molecule has 1 aliphatic heterocycles. The summed E-state index contributed by atoms with van der Waals surface area (Å²) in [6, 6.07) is 5.97. The zero-order valence-corrected chi connectivity index (χ0v) is 12.9. The second-order valence-electron chi connectivity index (χ2n) is 4.86. The molecule has 1 aromatic rings. The second-order valence-corrected chi connectivity index (χ2v) is 5.42. The molecule has 1 aromatic carbocycles. The largest absolute Gasteiger partial charge is 0.434 e. The summed E-state index contributed by atoms with van der Waals surface area (Å²) >= 11 is 3.41. The number of amides is 1. The van der Waals surface area contributed by atoms with E-state index in [1.54, 1.807) is 12.1 Å². The Morgan fingerprint density at radius 2 is 2.05 bits per heavy atom. The number of nitrogens with one attached hydrogen (secondary N) is 1. The van der Waals surface area contributed by atoms with Gasteiger partial charge in [0.15, 0.2) is 0 Å².